The Bertz CT molecular complexity index is 1850. The van der Waals surface area contributed by atoms with Gasteiger partial charge >= 0.3 is 20.4 Å². The molecular formula is C39H42B2N2O11. The molecule has 0 radical (unpaired) electrons. The van der Waals surface area contributed by atoms with Crippen molar-refractivity contribution >= 4 is 42.7 Å². The standard InChI is InChI=1S/C39H42B2N2O11/c1-36(2)38(5,23-27-11-19-33(20-12-27)42(45)46)53-40(51-36)31-15-7-29(8-16-31)25-49-35(44)50-26-30-9-17-32(18-10-30)41-52-37(3,4)39(6,54-41)24-28-13-21-34(22-14-28)43(47)48/h7-22H,23-26H2,1-6H3. The maximum Gasteiger partial charge on any atom is 0.508 e. The Hall–Kier alpha value is -5.08. The van der Waals surface area contributed by atoms with Gasteiger partial charge < -0.3 is 28.1 Å². The molecule has 4 aromatic carbocycles. The van der Waals surface area contributed by atoms with Gasteiger partial charge in [-0.2, -0.15) is 0 Å². The molecule has 0 aromatic heterocycles. The summed E-state index contributed by atoms with van der Waals surface area (Å²) >= 11 is 0. The minimum atomic E-state index is -0.805. The SMILES string of the molecule is CC1(C)OB(c2ccc(COC(=O)OCc3ccc(B4OC(C)(C)C(C)(Cc5ccc([N+](=O)[O-])cc5)O4)cc3)cc2)OC1(C)Cc1ccc([N+](=O)[O-])cc1. The van der Waals surface area contributed by atoms with Crippen LogP contribution in [0.2, 0.25) is 0 Å². The van der Waals surface area contributed by atoms with Gasteiger partial charge in [-0.25, -0.2) is 4.79 Å². The quantitative estimate of drug-likeness (QED) is 0.0686. The highest BCUT2D eigenvalue weighted by atomic mass is 16.7. The van der Waals surface area contributed by atoms with E-state index in [0.717, 1.165) is 33.2 Å². The first-order chi connectivity index (χ1) is 25.5. The second kappa shape index (κ2) is 15.0. The third-order valence-corrected chi connectivity index (χ3v) is 10.7. The number of nitro benzene ring substituents is 2. The molecule has 0 N–H and O–H groups in total. The minimum Gasteiger partial charge on any atom is -0.429 e. The van der Waals surface area contributed by atoms with E-state index in [1.165, 1.54) is 24.3 Å². The third-order valence-electron chi connectivity index (χ3n) is 10.7. The molecular weight excluding hydrogens is 694 g/mol. The Kier molecular flexibility index (Phi) is 10.7. The van der Waals surface area contributed by atoms with Gasteiger partial charge in [-0.1, -0.05) is 72.8 Å². The van der Waals surface area contributed by atoms with E-state index in [1.807, 2.05) is 90.1 Å². The Labute approximate surface area is 314 Å². The number of hydrogen-bond donors (Lipinski definition) is 0. The van der Waals surface area contributed by atoms with Crippen LogP contribution in [0.15, 0.2) is 97.1 Å². The summed E-state index contributed by atoms with van der Waals surface area (Å²) in [5, 5.41) is 22.1. The fourth-order valence-corrected chi connectivity index (χ4v) is 6.49. The molecule has 0 spiro atoms. The van der Waals surface area contributed by atoms with Gasteiger partial charge in [-0.3, -0.25) is 20.2 Å². The molecule has 0 bridgehead atoms. The van der Waals surface area contributed by atoms with Crippen molar-refractivity contribution in [2.75, 3.05) is 0 Å². The molecule has 2 fully saturated rings. The maximum atomic E-state index is 12.4. The number of ether oxygens (including phenoxy) is 2. The molecule has 0 aliphatic carbocycles. The molecule has 2 heterocycles. The van der Waals surface area contributed by atoms with Crippen molar-refractivity contribution in [2.24, 2.45) is 0 Å². The number of non-ortho nitro benzene ring substituents is 2. The predicted molar refractivity (Wildman–Crippen MR) is 202 cm³/mol. The largest absolute Gasteiger partial charge is 0.508 e. The fraction of sp³-hybridized carbons (Fsp3) is 0.359. The maximum absolute atomic E-state index is 12.4. The molecule has 280 valence electrons. The van der Waals surface area contributed by atoms with Gasteiger partial charge in [0, 0.05) is 37.1 Å². The van der Waals surface area contributed by atoms with Crippen molar-refractivity contribution in [1.82, 2.24) is 0 Å². The van der Waals surface area contributed by atoms with Crippen molar-refractivity contribution in [2.45, 2.75) is 90.0 Å². The topological polar surface area (TPSA) is 159 Å². The first-order valence-electron chi connectivity index (χ1n) is 17.6. The van der Waals surface area contributed by atoms with Crippen LogP contribution >= 0.6 is 0 Å². The van der Waals surface area contributed by atoms with Crippen LogP contribution in [-0.4, -0.2) is 52.6 Å². The summed E-state index contributed by atoms with van der Waals surface area (Å²) in [5.74, 6) is 0. The van der Waals surface area contributed by atoms with Crippen LogP contribution < -0.4 is 10.9 Å². The molecule has 4 aromatic rings. The van der Waals surface area contributed by atoms with Gasteiger partial charge in [0.15, 0.2) is 0 Å². The van der Waals surface area contributed by atoms with Crippen LogP contribution in [0.5, 0.6) is 0 Å². The Morgan fingerprint density at radius 2 is 0.852 bits per heavy atom. The highest BCUT2D eigenvalue weighted by molar-refractivity contribution is 6.62. The minimum absolute atomic E-state index is 0.0125. The number of hydrogen-bond acceptors (Lipinski definition) is 11. The lowest BCUT2D eigenvalue weighted by Gasteiger charge is -2.36. The van der Waals surface area contributed by atoms with Gasteiger partial charge in [-0.15, -0.1) is 0 Å². The van der Waals surface area contributed by atoms with Crippen LogP contribution in [0.25, 0.3) is 0 Å². The summed E-state index contributed by atoms with van der Waals surface area (Å²) < 4.78 is 36.2. The van der Waals surface area contributed by atoms with E-state index < -0.39 is 52.6 Å². The van der Waals surface area contributed by atoms with Crippen molar-refractivity contribution < 1.29 is 42.7 Å². The Morgan fingerprint density at radius 1 is 0.537 bits per heavy atom. The predicted octanol–water partition coefficient (Wildman–Crippen LogP) is 6.40. The normalized spacial score (nSPS) is 21.5. The lowest BCUT2D eigenvalue weighted by Crippen LogP contribution is -2.46. The summed E-state index contributed by atoms with van der Waals surface area (Å²) in [5.41, 5.74) is 2.28. The van der Waals surface area contributed by atoms with Crippen LogP contribution in [0.3, 0.4) is 0 Å². The molecule has 2 unspecified atom stereocenters. The van der Waals surface area contributed by atoms with E-state index in [2.05, 4.69) is 0 Å². The van der Waals surface area contributed by atoms with Gasteiger partial charge in [0.25, 0.3) is 11.4 Å². The van der Waals surface area contributed by atoms with Gasteiger partial charge in [0.05, 0.1) is 32.3 Å². The second-order valence-corrected chi connectivity index (χ2v) is 15.1. The van der Waals surface area contributed by atoms with Gasteiger partial charge in [-0.05, 0) is 74.7 Å². The molecule has 54 heavy (non-hydrogen) atoms. The van der Waals surface area contributed by atoms with Crippen molar-refractivity contribution in [3.63, 3.8) is 0 Å². The van der Waals surface area contributed by atoms with Gasteiger partial charge in [0.2, 0.25) is 0 Å². The number of nitro groups is 2. The van der Waals surface area contributed by atoms with Crippen molar-refractivity contribution in [3.05, 3.63) is 140 Å². The van der Waals surface area contributed by atoms with E-state index >= 15 is 0 Å². The molecule has 0 saturated carbocycles. The molecule has 15 heteroatoms. The number of carbonyl (C=O) groups excluding carboxylic acids is 1. The molecule has 2 aliphatic heterocycles. The second-order valence-electron chi connectivity index (χ2n) is 15.1. The number of rotatable bonds is 12. The van der Waals surface area contributed by atoms with E-state index in [0.29, 0.717) is 12.8 Å². The van der Waals surface area contributed by atoms with Crippen LogP contribution in [0, 0.1) is 20.2 Å². The lowest BCUT2D eigenvalue weighted by atomic mass is 9.79. The molecule has 2 saturated heterocycles. The highest BCUT2D eigenvalue weighted by Crippen LogP contribution is 2.41. The summed E-state index contributed by atoms with van der Waals surface area (Å²) in [7, 11) is -1.25. The smallest absolute Gasteiger partial charge is 0.429 e. The first-order valence-corrected chi connectivity index (χ1v) is 17.6. The molecule has 2 atom stereocenters. The Morgan fingerprint density at radius 3 is 1.17 bits per heavy atom. The van der Waals surface area contributed by atoms with E-state index in [-0.39, 0.29) is 24.6 Å². The average molecular weight is 736 g/mol. The zero-order valence-corrected chi connectivity index (χ0v) is 31.1. The van der Waals surface area contributed by atoms with Crippen molar-refractivity contribution in [3.8, 4) is 0 Å². The van der Waals surface area contributed by atoms with Crippen LogP contribution in [-0.2, 0) is 54.1 Å². The zero-order chi connectivity index (χ0) is 38.9. The Balaban J connectivity index is 0.967. The number of carbonyl (C=O) groups is 1. The van der Waals surface area contributed by atoms with E-state index in [9.17, 15) is 25.0 Å². The van der Waals surface area contributed by atoms with E-state index in [1.54, 1.807) is 24.3 Å². The first kappa shape index (κ1) is 38.6. The van der Waals surface area contributed by atoms with E-state index in [4.69, 9.17) is 28.1 Å². The van der Waals surface area contributed by atoms with Gasteiger partial charge in [0.1, 0.15) is 13.2 Å². The monoisotopic (exact) mass is 736 g/mol. The fourth-order valence-electron chi connectivity index (χ4n) is 6.49. The average Bonchev–Trinajstić information content (AvgIpc) is 3.51. The number of nitrogens with zero attached hydrogens (tertiary/aromatic N) is 2. The van der Waals surface area contributed by atoms with Crippen LogP contribution in [0.4, 0.5) is 16.2 Å². The number of benzene rings is 4. The lowest BCUT2D eigenvalue weighted by molar-refractivity contribution is -0.385. The van der Waals surface area contributed by atoms with Crippen LogP contribution in [0.1, 0.15) is 63.8 Å². The summed E-state index contributed by atoms with van der Waals surface area (Å²) in [6.45, 7) is 11.8. The molecule has 0 amide bonds. The molecule has 6 rings (SSSR count). The zero-order valence-electron chi connectivity index (χ0n) is 31.1. The summed E-state index contributed by atoms with van der Waals surface area (Å²) in [6.07, 6.45) is 0.198. The summed E-state index contributed by atoms with van der Waals surface area (Å²) in [4.78, 5) is 33.7. The molecule has 2 aliphatic rings. The van der Waals surface area contributed by atoms with Crippen molar-refractivity contribution in [1.29, 1.82) is 0 Å². The third kappa shape index (κ3) is 8.34. The molecule has 13 nitrogen and oxygen atoms in total. The highest BCUT2D eigenvalue weighted by Gasteiger charge is 2.55. The summed E-state index contributed by atoms with van der Waals surface area (Å²) in [6, 6.07) is 27.7.